The summed E-state index contributed by atoms with van der Waals surface area (Å²) in [7, 11) is -3.90. The lowest BCUT2D eigenvalue weighted by Gasteiger charge is -2.34. The summed E-state index contributed by atoms with van der Waals surface area (Å²) in [6.45, 7) is 12.3. The fraction of sp³-hybridized carbons (Fsp3) is 0.553. The molecule has 2 aliphatic rings. The summed E-state index contributed by atoms with van der Waals surface area (Å²) in [5.74, 6) is -0.488. The first-order valence-electron chi connectivity index (χ1n) is 18.0. The van der Waals surface area contributed by atoms with Crippen molar-refractivity contribution in [1.82, 2.24) is 14.8 Å². The Morgan fingerprint density at radius 1 is 0.980 bits per heavy atom. The van der Waals surface area contributed by atoms with Gasteiger partial charge >= 0.3 is 13.8 Å². The van der Waals surface area contributed by atoms with Crippen LogP contribution in [0.2, 0.25) is 0 Å². The second-order valence-corrected chi connectivity index (χ2v) is 16.3. The van der Waals surface area contributed by atoms with Gasteiger partial charge in [0.1, 0.15) is 11.9 Å². The highest BCUT2D eigenvalue weighted by atomic mass is 31.2. The van der Waals surface area contributed by atoms with Crippen molar-refractivity contribution in [3.63, 3.8) is 0 Å². The summed E-state index contributed by atoms with van der Waals surface area (Å²) >= 11 is 0. The molecule has 2 fully saturated rings. The van der Waals surface area contributed by atoms with Crippen molar-refractivity contribution < 1.29 is 41.5 Å². The largest absolute Gasteiger partial charge is 0.477 e. The maximum absolute atomic E-state index is 14.0. The van der Waals surface area contributed by atoms with Crippen LogP contribution in [0.4, 0.5) is 4.39 Å². The van der Waals surface area contributed by atoms with Crippen LogP contribution in [0.3, 0.4) is 0 Å². The van der Waals surface area contributed by atoms with Gasteiger partial charge < -0.3 is 14.2 Å². The molecule has 2 aromatic heterocycles. The van der Waals surface area contributed by atoms with Crippen molar-refractivity contribution in [2.75, 3.05) is 26.6 Å². The zero-order valence-electron chi connectivity index (χ0n) is 30.3. The summed E-state index contributed by atoms with van der Waals surface area (Å²) < 4.78 is 63.3. The Labute approximate surface area is 298 Å². The Morgan fingerprint density at radius 3 is 2.31 bits per heavy atom. The van der Waals surface area contributed by atoms with Gasteiger partial charge in [-0.05, 0) is 85.1 Å². The molecule has 1 saturated heterocycles. The van der Waals surface area contributed by atoms with E-state index in [9.17, 15) is 13.8 Å². The van der Waals surface area contributed by atoms with E-state index in [1.165, 1.54) is 12.1 Å². The Balaban J connectivity index is 1.22. The molecular weight excluding hydrogens is 676 g/mol. The van der Waals surface area contributed by atoms with E-state index in [1.807, 2.05) is 38.6 Å². The molecular formula is C38H49FN3O8P. The molecule has 0 radical (unpaired) electrons. The summed E-state index contributed by atoms with van der Waals surface area (Å²) in [6, 6.07) is 10.6. The smallest absolute Gasteiger partial charge is 0.474 e. The van der Waals surface area contributed by atoms with E-state index in [-0.39, 0.29) is 49.1 Å². The van der Waals surface area contributed by atoms with Gasteiger partial charge in [0.05, 0.1) is 36.5 Å². The van der Waals surface area contributed by atoms with Crippen molar-refractivity contribution >= 4 is 35.5 Å². The minimum absolute atomic E-state index is 0.0278. The first kappa shape index (κ1) is 37.4. The predicted octanol–water partition coefficient (Wildman–Crippen LogP) is 9.34. The van der Waals surface area contributed by atoms with Crippen LogP contribution < -0.4 is 4.74 Å². The highest BCUT2D eigenvalue weighted by Gasteiger charge is 2.39. The van der Waals surface area contributed by atoms with Gasteiger partial charge in [-0.15, -0.1) is 0 Å². The van der Waals surface area contributed by atoms with E-state index in [0.717, 1.165) is 57.8 Å². The number of pyridine rings is 1. The molecule has 0 spiro atoms. The lowest BCUT2D eigenvalue weighted by Crippen LogP contribution is -2.39. The van der Waals surface area contributed by atoms with Crippen LogP contribution in [-0.2, 0) is 32.4 Å². The second kappa shape index (κ2) is 16.1. The summed E-state index contributed by atoms with van der Waals surface area (Å²) in [5.41, 5.74) is 3.50. The fourth-order valence-corrected chi connectivity index (χ4v) is 7.65. The molecule has 2 aromatic carbocycles. The highest BCUT2D eigenvalue weighted by molar-refractivity contribution is 7.48. The molecule has 3 heterocycles. The minimum Gasteiger partial charge on any atom is -0.474 e. The topological polar surface area (TPSA) is 120 Å². The van der Waals surface area contributed by atoms with E-state index in [0.29, 0.717) is 25.3 Å². The third kappa shape index (κ3) is 8.80. The number of phosphoric ester groups is 1. The number of rotatable bonds is 15. The van der Waals surface area contributed by atoms with Gasteiger partial charge in [0.2, 0.25) is 12.7 Å². The van der Waals surface area contributed by atoms with Gasteiger partial charge in [-0.25, -0.2) is 23.1 Å². The summed E-state index contributed by atoms with van der Waals surface area (Å²) in [6.07, 6.45) is 5.22. The van der Waals surface area contributed by atoms with Crippen molar-refractivity contribution in [3.8, 4) is 17.0 Å². The molecule has 1 atom stereocenters. The Morgan fingerprint density at radius 2 is 1.69 bits per heavy atom. The Bertz CT molecular complexity index is 1850. The third-order valence-corrected chi connectivity index (χ3v) is 10.4. The molecule has 4 aromatic rings. The molecule has 51 heavy (non-hydrogen) atoms. The van der Waals surface area contributed by atoms with E-state index >= 15 is 0 Å². The number of phosphoric acid groups is 1. The lowest BCUT2D eigenvalue weighted by atomic mass is 9.82. The van der Waals surface area contributed by atoms with Crippen LogP contribution in [0, 0.1) is 23.6 Å². The SMILES string of the molecule is CC(C)COP(=O)(OCOC(=O)C1CC(Oc2nc(C(C)C)c(-c3ccc(F)cc3)c3cc4cnn(C5CCCCO5)c4cc23)C1)OCC(C)C. The number of hydrogen-bond acceptors (Lipinski definition) is 10. The predicted molar refractivity (Wildman–Crippen MR) is 192 cm³/mol. The average Bonchev–Trinajstić information content (AvgIpc) is 3.50. The van der Waals surface area contributed by atoms with Gasteiger partial charge in [0, 0.05) is 22.9 Å². The van der Waals surface area contributed by atoms with Crippen molar-refractivity contribution in [2.24, 2.45) is 17.8 Å². The van der Waals surface area contributed by atoms with Gasteiger partial charge in [-0.2, -0.15) is 5.10 Å². The number of carbonyl (C=O) groups is 1. The number of carbonyl (C=O) groups excluding carboxylic acids is 1. The molecule has 0 bridgehead atoms. The molecule has 11 nitrogen and oxygen atoms in total. The van der Waals surface area contributed by atoms with E-state index in [1.54, 1.807) is 12.1 Å². The Kier molecular flexibility index (Phi) is 11.8. The molecule has 276 valence electrons. The maximum atomic E-state index is 14.0. The Hall–Kier alpha value is -3.41. The van der Waals surface area contributed by atoms with Gasteiger partial charge in [-0.1, -0.05) is 53.7 Å². The number of nitrogens with zero attached hydrogens (tertiary/aromatic N) is 3. The zero-order chi connectivity index (χ0) is 36.3. The number of ether oxygens (including phenoxy) is 3. The quantitative estimate of drug-likeness (QED) is 0.0666. The molecule has 1 aliphatic heterocycles. The van der Waals surface area contributed by atoms with Crippen molar-refractivity contribution in [1.29, 1.82) is 0 Å². The minimum atomic E-state index is -3.90. The van der Waals surface area contributed by atoms with Crippen LogP contribution in [-0.4, -0.2) is 53.5 Å². The summed E-state index contributed by atoms with van der Waals surface area (Å²) in [4.78, 5) is 18.0. The molecule has 6 rings (SSSR count). The van der Waals surface area contributed by atoms with E-state index in [4.69, 9.17) is 37.9 Å². The number of esters is 1. The number of halogens is 1. The first-order valence-corrected chi connectivity index (χ1v) is 19.5. The highest BCUT2D eigenvalue weighted by Crippen LogP contribution is 2.50. The molecule has 1 aliphatic carbocycles. The number of fused-ring (bicyclic) bond motifs is 2. The number of aromatic nitrogens is 3. The average molecular weight is 726 g/mol. The van der Waals surface area contributed by atoms with Crippen LogP contribution in [0.5, 0.6) is 5.88 Å². The van der Waals surface area contributed by atoms with Crippen molar-refractivity contribution in [2.45, 2.75) is 91.9 Å². The molecule has 1 unspecified atom stereocenters. The standard InChI is InChI=1S/C38H49FN3O8P/c1-23(2)20-47-51(44,48-21-24(3)4)49-22-46-38(43)27-15-30(16-27)50-37-32-18-33-28(19-40-42(33)34-9-7-8-14-45-34)17-31(32)35(36(41-37)25(5)6)26-10-12-29(39)13-11-26/h10-13,17-19,23-25,27,30,34H,7-9,14-16,20-22H2,1-6H3. The number of benzene rings is 2. The number of hydrogen-bond donors (Lipinski definition) is 0. The van der Waals surface area contributed by atoms with Gasteiger partial charge in [0.15, 0.2) is 6.23 Å². The maximum Gasteiger partial charge on any atom is 0.477 e. The molecule has 0 N–H and O–H groups in total. The lowest BCUT2D eigenvalue weighted by molar-refractivity contribution is -0.162. The van der Waals surface area contributed by atoms with E-state index in [2.05, 4.69) is 26.0 Å². The monoisotopic (exact) mass is 725 g/mol. The normalized spacial score (nSPS) is 19.7. The van der Waals surface area contributed by atoms with Crippen molar-refractivity contribution in [3.05, 3.63) is 54.1 Å². The van der Waals surface area contributed by atoms with Crippen LogP contribution in [0.15, 0.2) is 42.6 Å². The van der Waals surface area contributed by atoms with Crippen LogP contribution in [0.25, 0.3) is 32.8 Å². The first-order chi connectivity index (χ1) is 24.4. The zero-order valence-corrected chi connectivity index (χ0v) is 31.2. The van der Waals surface area contributed by atoms with Crippen LogP contribution >= 0.6 is 7.82 Å². The second-order valence-electron chi connectivity index (χ2n) is 14.7. The molecule has 13 heteroatoms. The fourth-order valence-electron chi connectivity index (χ4n) is 6.29. The third-order valence-electron chi connectivity index (χ3n) is 9.07. The van der Waals surface area contributed by atoms with Crippen LogP contribution in [0.1, 0.15) is 91.5 Å². The summed E-state index contributed by atoms with van der Waals surface area (Å²) in [5, 5.41) is 7.39. The van der Waals surface area contributed by atoms with Gasteiger partial charge in [-0.3, -0.25) is 13.8 Å². The van der Waals surface area contributed by atoms with Gasteiger partial charge in [0.25, 0.3) is 0 Å². The molecule has 0 amide bonds. The molecule has 1 saturated carbocycles. The van der Waals surface area contributed by atoms with E-state index < -0.39 is 26.5 Å².